The number of hydrogen-bond donors (Lipinski definition) is 1. The molecule has 2 saturated heterocycles. The lowest BCUT2D eigenvalue weighted by Gasteiger charge is -2.33. The zero-order valence-electron chi connectivity index (χ0n) is 12.4. The molecular weight excluding hydrogens is 278 g/mol. The number of nitrogens with zero attached hydrogens (tertiary/aromatic N) is 2. The Bertz CT molecular complexity index is 362. The van der Waals surface area contributed by atoms with Crippen LogP contribution in [0.4, 0.5) is 0 Å². The van der Waals surface area contributed by atoms with Gasteiger partial charge in [-0.05, 0) is 31.2 Å². The maximum absolute atomic E-state index is 12.7. The van der Waals surface area contributed by atoms with Crippen molar-refractivity contribution in [3.05, 3.63) is 0 Å². The molecule has 0 aromatic rings. The number of nitrogens with two attached hydrogens (primary N) is 1. The van der Waals surface area contributed by atoms with Crippen molar-refractivity contribution in [1.82, 2.24) is 9.80 Å². The van der Waals surface area contributed by atoms with Gasteiger partial charge in [-0.15, -0.1) is 12.4 Å². The topological polar surface area (TPSA) is 66.6 Å². The SMILES string of the molecule is CC(C)C(C(=O)N1CCC(CN)C1)N1CCCC1=O.Cl. The molecule has 0 radical (unpaired) electrons. The second kappa shape index (κ2) is 7.27. The van der Waals surface area contributed by atoms with Crippen LogP contribution in [0.3, 0.4) is 0 Å². The van der Waals surface area contributed by atoms with Crippen molar-refractivity contribution >= 4 is 24.2 Å². The van der Waals surface area contributed by atoms with Gasteiger partial charge < -0.3 is 15.5 Å². The van der Waals surface area contributed by atoms with Crippen molar-refractivity contribution in [2.75, 3.05) is 26.2 Å². The smallest absolute Gasteiger partial charge is 0.245 e. The molecule has 2 atom stereocenters. The lowest BCUT2D eigenvalue weighted by Crippen LogP contribution is -2.51. The van der Waals surface area contributed by atoms with Crippen LogP contribution < -0.4 is 5.73 Å². The summed E-state index contributed by atoms with van der Waals surface area (Å²) in [6, 6.07) is -0.286. The van der Waals surface area contributed by atoms with Gasteiger partial charge in [-0.25, -0.2) is 0 Å². The normalized spacial score (nSPS) is 24.2. The molecule has 5 nitrogen and oxygen atoms in total. The second-order valence-corrected chi connectivity index (χ2v) is 6.05. The number of hydrogen-bond acceptors (Lipinski definition) is 3. The molecule has 2 amide bonds. The summed E-state index contributed by atoms with van der Waals surface area (Å²) in [7, 11) is 0. The first kappa shape index (κ1) is 17.2. The minimum absolute atomic E-state index is 0. The Morgan fingerprint density at radius 1 is 1.40 bits per heavy atom. The largest absolute Gasteiger partial charge is 0.341 e. The average molecular weight is 304 g/mol. The molecule has 2 heterocycles. The van der Waals surface area contributed by atoms with Gasteiger partial charge in [-0.3, -0.25) is 9.59 Å². The number of rotatable bonds is 4. The highest BCUT2D eigenvalue weighted by molar-refractivity contribution is 5.89. The van der Waals surface area contributed by atoms with Crippen molar-refractivity contribution in [1.29, 1.82) is 0 Å². The third-order valence-electron chi connectivity index (χ3n) is 4.26. The van der Waals surface area contributed by atoms with Gasteiger partial charge in [0.2, 0.25) is 11.8 Å². The zero-order chi connectivity index (χ0) is 14.0. The highest BCUT2D eigenvalue weighted by atomic mass is 35.5. The Labute approximate surface area is 127 Å². The van der Waals surface area contributed by atoms with E-state index < -0.39 is 0 Å². The fourth-order valence-corrected chi connectivity index (χ4v) is 3.15. The van der Waals surface area contributed by atoms with Crippen molar-refractivity contribution in [2.45, 2.75) is 39.2 Å². The van der Waals surface area contributed by atoms with E-state index in [0.717, 1.165) is 32.5 Å². The summed E-state index contributed by atoms with van der Waals surface area (Å²) in [6.07, 6.45) is 2.45. The number of carbonyl (C=O) groups excluding carboxylic acids is 2. The number of halogens is 1. The monoisotopic (exact) mass is 303 g/mol. The van der Waals surface area contributed by atoms with E-state index in [1.54, 1.807) is 4.90 Å². The molecular formula is C14H26ClN3O2. The van der Waals surface area contributed by atoms with Gasteiger partial charge in [0.25, 0.3) is 0 Å². The molecule has 0 aliphatic carbocycles. The van der Waals surface area contributed by atoms with Crippen LogP contribution in [0.25, 0.3) is 0 Å². The number of likely N-dealkylation sites (tertiary alicyclic amines) is 2. The van der Waals surface area contributed by atoms with E-state index >= 15 is 0 Å². The van der Waals surface area contributed by atoms with E-state index in [0.29, 0.717) is 18.9 Å². The molecule has 2 aliphatic rings. The molecule has 2 N–H and O–H groups in total. The van der Waals surface area contributed by atoms with Crippen LogP contribution in [-0.4, -0.2) is 53.8 Å². The van der Waals surface area contributed by atoms with E-state index in [1.807, 2.05) is 18.7 Å². The second-order valence-electron chi connectivity index (χ2n) is 6.05. The van der Waals surface area contributed by atoms with E-state index in [1.165, 1.54) is 0 Å². The van der Waals surface area contributed by atoms with Crippen LogP contribution >= 0.6 is 12.4 Å². The summed E-state index contributed by atoms with van der Waals surface area (Å²) in [5, 5.41) is 0. The number of amides is 2. The summed E-state index contributed by atoms with van der Waals surface area (Å²) >= 11 is 0. The van der Waals surface area contributed by atoms with Crippen molar-refractivity contribution in [3.8, 4) is 0 Å². The van der Waals surface area contributed by atoms with Crippen molar-refractivity contribution in [2.24, 2.45) is 17.6 Å². The van der Waals surface area contributed by atoms with Gasteiger partial charge in [0.05, 0.1) is 0 Å². The Morgan fingerprint density at radius 2 is 2.10 bits per heavy atom. The fourth-order valence-electron chi connectivity index (χ4n) is 3.15. The molecule has 2 rings (SSSR count). The molecule has 2 aliphatic heterocycles. The lowest BCUT2D eigenvalue weighted by molar-refractivity contribution is -0.144. The Morgan fingerprint density at radius 3 is 2.55 bits per heavy atom. The van der Waals surface area contributed by atoms with Crippen LogP contribution in [-0.2, 0) is 9.59 Å². The van der Waals surface area contributed by atoms with Crippen LogP contribution in [0.1, 0.15) is 33.1 Å². The summed E-state index contributed by atoms with van der Waals surface area (Å²) in [4.78, 5) is 28.2. The van der Waals surface area contributed by atoms with Crippen LogP contribution in [0.2, 0.25) is 0 Å². The Hall–Kier alpha value is -0.810. The van der Waals surface area contributed by atoms with Crippen LogP contribution in [0.15, 0.2) is 0 Å². The Balaban J connectivity index is 0.00000200. The Kier molecular flexibility index (Phi) is 6.27. The predicted octanol–water partition coefficient (Wildman–Crippen LogP) is 0.862. The molecule has 116 valence electrons. The lowest BCUT2D eigenvalue weighted by atomic mass is 10.0. The van der Waals surface area contributed by atoms with Gasteiger partial charge in [0.15, 0.2) is 0 Å². The molecule has 0 aromatic carbocycles. The average Bonchev–Trinajstić information content (AvgIpc) is 2.98. The minimum Gasteiger partial charge on any atom is -0.341 e. The molecule has 2 fully saturated rings. The predicted molar refractivity (Wildman–Crippen MR) is 80.6 cm³/mol. The van der Waals surface area contributed by atoms with E-state index in [-0.39, 0.29) is 36.2 Å². The first-order valence-corrected chi connectivity index (χ1v) is 7.33. The van der Waals surface area contributed by atoms with Gasteiger partial charge in [-0.2, -0.15) is 0 Å². The quantitative estimate of drug-likeness (QED) is 0.838. The highest BCUT2D eigenvalue weighted by Gasteiger charge is 2.38. The zero-order valence-corrected chi connectivity index (χ0v) is 13.2. The van der Waals surface area contributed by atoms with Crippen LogP contribution in [0, 0.1) is 11.8 Å². The maximum Gasteiger partial charge on any atom is 0.245 e. The highest BCUT2D eigenvalue weighted by Crippen LogP contribution is 2.24. The van der Waals surface area contributed by atoms with Gasteiger partial charge in [-0.1, -0.05) is 13.8 Å². The van der Waals surface area contributed by atoms with Gasteiger partial charge in [0, 0.05) is 26.1 Å². The summed E-state index contributed by atoms with van der Waals surface area (Å²) in [5.74, 6) is 0.820. The molecule has 2 unspecified atom stereocenters. The molecule has 6 heteroatoms. The standard InChI is InChI=1S/C14H25N3O2.ClH/c1-10(2)13(17-6-3-4-12(17)18)14(19)16-7-5-11(8-15)9-16;/h10-11,13H,3-9,15H2,1-2H3;1H. The molecule has 0 saturated carbocycles. The third kappa shape index (κ3) is 3.44. The minimum atomic E-state index is -0.286. The maximum atomic E-state index is 12.7. The van der Waals surface area contributed by atoms with Gasteiger partial charge >= 0.3 is 0 Å². The van der Waals surface area contributed by atoms with Crippen LogP contribution in [0.5, 0.6) is 0 Å². The first-order valence-electron chi connectivity index (χ1n) is 7.33. The fraction of sp³-hybridized carbons (Fsp3) is 0.857. The molecule has 0 aromatic heterocycles. The molecule has 20 heavy (non-hydrogen) atoms. The number of carbonyl (C=O) groups is 2. The van der Waals surface area contributed by atoms with Crippen molar-refractivity contribution in [3.63, 3.8) is 0 Å². The molecule has 0 spiro atoms. The van der Waals surface area contributed by atoms with E-state index in [9.17, 15) is 9.59 Å². The summed E-state index contributed by atoms with van der Waals surface area (Å²) < 4.78 is 0. The summed E-state index contributed by atoms with van der Waals surface area (Å²) in [5.41, 5.74) is 5.67. The van der Waals surface area contributed by atoms with Crippen molar-refractivity contribution < 1.29 is 9.59 Å². The first-order chi connectivity index (χ1) is 9.04. The summed E-state index contributed by atoms with van der Waals surface area (Å²) in [6.45, 7) is 6.93. The van der Waals surface area contributed by atoms with E-state index in [2.05, 4.69) is 0 Å². The van der Waals surface area contributed by atoms with E-state index in [4.69, 9.17) is 5.73 Å². The third-order valence-corrected chi connectivity index (χ3v) is 4.26. The molecule has 0 bridgehead atoms. The van der Waals surface area contributed by atoms with Gasteiger partial charge in [0.1, 0.15) is 6.04 Å².